The molecule has 2 heterocycles. The number of hydrogen-bond donors (Lipinski definition) is 1. The fourth-order valence-electron chi connectivity index (χ4n) is 3.63. The molecular weight excluding hydrogens is 394 g/mol. The maximum Gasteiger partial charge on any atom is 0.248 e. The molecule has 0 bridgehead atoms. The van der Waals surface area contributed by atoms with Gasteiger partial charge in [0.25, 0.3) is 0 Å². The fourth-order valence-corrected chi connectivity index (χ4v) is 3.63. The Labute approximate surface area is 179 Å². The summed E-state index contributed by atoms with van der Waals surface area (Å²) in [6, 6.07) is 15.1. The van der Waals surface area contributed by atoms with Crippen molar-refractivity contribution in [2.75, 3.05) is 0 Å². The summed E-state index contributed by atoms with van der Waals surface area (Å²) >= 11 is 0. The predicted octanol–water partition coefficient (Wildman–Crippen LogP) is 3.39. The zero-order chi connectivity index (χ0) is 21.8. The van der Waals surface area contributed by atoms with Crippen molar-refractivity contribution in [2.24, 2.45) is 5.73 Å². The van der Waals surface area contributed by atoms with E-state index in [1.807, 2.05) is 4.57 Å². The first-order valence-corrected chi connectivity index (χ1v) is 10.1. The van der Waals surface area contributed by atoms with Crippen LogP contribution in [0.2, 0.25) is 0 Å². The average Bonchev–Trinajstić information content (AvgIpc) is 3.02. The molecule has 8 heteroatoms. The molecule has 0 spiro atoms. The molecule has 1 atom stereocenters. The quantitative estimate of drug-likeness (QED) is 0.616. The number of nitrogens with zero attached hydrogens (tertiary/aromatic N) is 4. The minimum Gasteiger partial charge on any atom is -0.457 e. The van der Waals surface area contributed by atoms with Gasteiger partial charge >= 0.3 is 0 Å². The van der Waals surface area contributed by atoms with E-state index < -0.39 is 11.8 Å². The molecular formula is C23H21N5O3. The van der Waals surface area contributed by atoms with Gasteiger partial charge in [-0.05, 0) is 61.4 Å². The van der Waals surface area contributed by atoms with Crippen molar-refractivity contribution in [3.8, 4) is 17.6 Å². The number of ketones is 1. The van der Waals surface area contributed by atoms with Gasteiger partial charge < -0.3 is 15.0 Å². The molecule has 1 aromatic heterocycles. The van der Waals surface area contributed by atoms with Crippen LogP contribution >= 0.6 is 0 Å². The number of nitrogens with two attached hydrogens (primary N) is 1. The lowest BCUT2D eigenvalue weighted by Gasteiger charge is -2.12. The summed E-state index contributed by atoms with van der Waals surface area (Å²) in [5.74, 6) is 0.474. The normalized spacial score (nSPS) is 14.0. The van der Waals surface area contributed by atoms with Gasteiger partial charge in [-0.1, -0.05) is 6.42 Å². The number of carbonyl (C=O) groups excluding carboxylic acids is 2. The van der Waals surface area contributed by atoms with Crippen LogP contribution < -0.4 is 10.5 Å². The second-order valence-corrected chi connectivity index (χ2v) is 7.38. The summed E-state index contributed by atoms with van der Waals surface area (Å²) in [4.78, 5) is 24.2. The van der Waals surface area contributed by atoms with Gasteiger partial charge in [-0.15, -0.1) is 10.2 Å². The summed E-state index contributed by atoms with van der Waals surface area (Å²) in [5, 5.41) is 18.1. The maximum atomic E-state index is 13.0. The molecule has 3 aromatic rings. The Kier molecular flexibility index (Phi) is 5.76. The number of Topliss-reactive ketones (excluding diaryl/α,β-unsaturated/α-hetero) is 1. The molecule has 0 saturated heterocycles. The number of fused-ring (bicyclic) bond motifs is 1. The van der Waals surface area contributed by atoms with Gasteiger partial charge in [-0.2, -0.15) is 5.26 Å². The van der Waals surface area contributed by atoms with E-state index in [0.717, 1.165) is 38.1 Å². The van der Waals surface area contributed by atoms with Crippen molar-refractivity contribution in [1.29, 1.82) is 5.26 Å². The first-order chi connectivity index (χ1) is 15.1. The third-order valence-corrected chi connectivity index (χ3v) is 5.30. The number of ether oxygens (including phenoxy) is 1. The Balaban J connectivity index is 1.50. The van der Waals surface area contributed by atoms with E-state index in [4.69, 9.17) is 10.5 Å². The lowest BCUT2D eigenvalue weighted by molar-refractivity contribution is 0.0972. The molecule has 31 heavy (non-hydrogen) atoms. The van der Waals surface area contributed by atoms with Gasteiger partial charge in [-0.25, -0.2) is 0 Å². The molecule has 0 aliphatic carbocycles. The van der Waals surface area contributed by atoms with E-state index in [0.29, 0.717) is 28.5 Å². The Morgan fingerprint density at radius 2 is 1.61 bits per heavy atom. The van der Waals surface area contributed by atoms with Gasteiger partial charge in [0, 0.05) is 24.1 Å². The first kappa shape index (κ1) is 20.3. The largest absolute Gasteiger partial charge is 0.457 e. The second-order valence-electron chi connectivity index (χ2n) is 7.38. The van der Waals surface area contributed by atoms with Crippen LogP contribution in [0.25, 0.3) is 0 Å². The van der Waals surface area contributed by atoms with Crippen LogP contribution in [0.4, 0.5) is 0 Å². The zero-order valence-corrected chi connectivity index (χ0v) is 16.8. The van der Waals surface area contributed by atoms with Crippen molar-refractivity contribution in [3.63, 3.8) is 0 Å². The van der Waals surface area contributed by atoms with Gasteiger partial charge in [0.1, 0.15) is 17.3 Å². The van der Waals surface area contributed by atoms with Crippen molar-refractivity contribution in [2.45, 2.75) is 38.1 Å². The highest BCUT2D eigenvalue weighted by atomic mass is 16.5. The van der Waals surface area contributed by atoms with Crippen molar-refractivity contribution in [3.05, 3.63) is 71.3 Å². The van der Waals surface area contributed by atoms with Crippen LogP contribution in [0.3, 0.4) is 0 Å². The molecule has 0 radical (unpaired) electrons. The van der Waals surface area contributed by atoms with Gasteiger partial charge in [0.2, 0.25) is 5.91 Å². The summed E-state index contributed by atoms with van der Waals surface area (Å²) in [6.07, 6.45) is 3.93. The van der Waals surface area contributed by atoms with E-state index in [2.05, 4.69) is 16.3 Å². The number of hydrogen-bond acceptors (Lipinski definition) is 6. The monoisotopic (exact) mass is 415 g/mol. The fraction of sp³-hybridized carbons (Fsp3) is 0.261. The topological polar surface area (TPSA) is 124 Å². The third kappa shape index (κ3) is 4.31. The highest BCUT2D eigenvalue weighted by molar-refractivity contribution is 6.02. The molecule has 2 aromatic carbocycles. The molecule has 2 N–H and O–H groups in total. The number of amides is 1. The van der Waals surface area contributed by atoms with Crippen molar-refractivity contribution < 1.29 is 14.3 Å². The van der Waals surface area contributed by atoms with Crippen molar-refractivity contribution in [1.82, 2.24) is 14.8 Å². The number of carbonyl (C=O) groups is 2. The van der Waals surface area contributed by atoms with E-state index >= 15 is 0 Å². The standard InChI is InChI=1S/C23H21N5O3/c24-14-19(23-27-26-20-4-2-1-3-13-28(20)23)21(29)15-5-9-17(10-6-15)31-18-11-7-16(8-12-18)22(25)30/h5-12,19H,1-4,13H2,(H2,25,30). The van der Waals surface area contributed by atoms with E-state index in [9.17, 15) is 14.9 Å². The number of benzene rings is 2. The highest BCUT2D eigenvalue weighted by Crippen LogP contribution is 2.26. The van der Waals surface area contributed by atoms with Crippen LogP contribution in [0.5, 0.6) is 11.5 Å². The summed E-state index contributed by atoms with van der Waals surface area (Å²) in [5.41, 5.74) is 6.02. The predicted molar refractivity (Wildman–Crippen MR) is 112 cm³/mol. The molecule has 1 aliphatic heterocycles. The van der Waals surface area contributed by atoms with Gasteiger partial charge in [0.05, 0.1) is 6.07 Å². The Morgan fingerprint density at radius 3 is 2.23 bits per heavy atom. The van der Waals surface area contributed by atoms with E-state index in [-0.39, 0.29) is 5.78 Å². The minimum absolute atomic E-state index is 0.320. The van der Waals surface area contributed by atoms with E-state index in [1.165, 1.54) is 0 Å². The number of rotatable bonds is 6. The number of aryl methyl sites for hydroxylation is 1. The average molecular weight is 415 g/mol. The minimum atomic E-state index is -1.01. The third-order valence-electron chi connectivity index (χ3n) is 5.30. The summed E-state index contributed by atoms with van der Waals surface area (Å²) in [7, 11) is 0. The molecule has 0 fully saturated rings. The van der Waals surface area contributed by atoms with Crippen LogP contribution in [0.1, 0.15) is 57.5 Å². The lowest BCUT2D eigenvalue weighted by atomic mass is 9.98. The summed E-state index contributed by atoms with van der Waals surface area (Å²) < 4.78 is 7.66. The zero-order valence-electron chi connectivity index (χ0n) is 16.8. The molecule has 4 rings (SSSR count). The maximum absolute atomic E-state index is 13.0. The molecule has 1 amide bonds. The van der Waals surface area contributed by atoms with Crippen LogP contribution in [0.15, 0.2) is 48.5 Å². The lowest BCUT2D eigenvalue weighted by Crippen LogP contribution is -2.17. The molecule has 1 aliphatic rings. The van der Waals surface area contributed by atoms with Crippen LogP contribution in [-0.2, 0) is 13.0 Å². The van der Waals surface area contributed by atoms with Crippen LogP contribution in [0, 0.1) is 11.3 Å². The summed E-state index contributed by atoms with van der Waals surface area (Å²) in [6.45, 7) is 0.727. The molecule has 1 unspecified atom stereocenters. The second kappa shape index (κ2) is 8.79. The Hall–Kier alpha value is -3.99. The van der Waals surface area contributed by atoms with Gasteiger partial charge in [-0.3, -0.25) is 9.59 Å². The van der Waals surface area contributed by atoms with E-state index in [1.54, 1.807) is 48.5 Å². The first-order valence-electron chi connectivity index (χ1n) is 10.1. The molecule has 0 saturated carbocycles. The molecule has 156 valence electrons. The number of primary amides is 1. The smallest absolute Gasteiger partial charge is 0.248 e. The SMILES string of the molecule is N#CC(C(=O)c1ccc(Oc2ccc(C(N)=O)cc2)cc1)c1nnc2n1CCCCC2. The van der Waals surface area contributed by atoms with Crippen molar-refractivity contribution >= 4 is 11.7 Å². The molecule has 8 nitrogen and oxygen atoms in total. The Morgan fingerprint density at radius 1 is 0.968 bits per heavy atom. The number of aromatic nitrogens is 3. The van der Waals surface area contributed by atoms with Crippen LogP contribution in [-0.4, -0.2) is 26.5 Å². The number of nitriles is 1. The highest BCUT2D eigenvalue weighted by Gasteiger charge is 2.29. The Bertz CT molecular complexity index is 1140. The van der Waals surface area contributed by atoms with Gasteiger partial charge in [0.15, 0.2) is 17.5 Å².